The number of nitrogens with one attached hydrogen (secondary N) is 1. The number of aliphatic hydroxyl groups is 1. The van der Waals surface area contributed by atoms with Gasteiger partial charge in [-0.15, -0.1) is 0 Å². The van der Waals surface area contributed by atoms with Gasteiger partial charge in [0.15, 0.2) is 0 Å². The predicted molar refractivity (Wildman–Crippen MR) is 106 cm³/mol. The van der Waals surface area contributed by atoms with Crippen LogP contribution < -0.4 is 14.8 Å². The van der Waals surface area contributed by atoms with Gasteiger partial charge in [-0.1, -0.05) is 29.8 Å². The van der Waals surface area contributed by atoms with Gasteiger partial charge in [-0.2, -0.15) is 5.26 Å². The highest BCUT2D eigenvalue weighted by Crippen LogP contribution is 2.25. The van der Waals surface area contributed by atoms with E-state index >= 15 is 0 Å². The summed E-state index contributed by atoms with van der Waals surface area (Å²) in [6.07, 6.45) is 0.0860. The second-order valence-electron chi connectivity index (χ2n) is 6.98. The molecule has 2 aromatic carbocycles. The molecule has 0 aliphatic carbocycles. The van der Waals surface area contributed by atoms with Crippen molar-refractivity contribution < 1.29 is 14.6 Å². The lowest BCUT2D eigenvalue weighted by molar-refractivity contribution is 0.0987. The Morgan fingerprint density at radius 3 is 2.56 bits per heavy atom. The number of nitriles is 1. The van der Waals surface area contributed by atoms with E-state index in [0.717, 1.165) is 12.2 Å². The number of ether oxygens (including phenoxy) is 2. The van der Waals surface area contributed by atoms with Gasteiger partial charge in [0.2, 0.25) is 0 Å². The highest BCUT2D eigenvalue weighted by atomic mass is 35.5. The SMILES string of the molecule is COc1ccc(CC(C)(C)NC[C@H](O)COc2cccc(Cl)c2C#N)cc1. The van der Waals surface area contributed by atoms with Crippen molar-refractivity contribution in [3.8, 4) is 17.6 Å². The molecule has 0 radical (unpaired) electrons. The number of halogens is 1. The first kappa shape index (κ1) is 21.0. The van der Waals surface area contributed by atoms with Crippen LogP contribution in [0.25, 0.3) is 0 Å². The normalized spacial score (nSPS) is 12.3. The molecule has 0 spiro atoms. The molecule has 144 valence electrons. The summed E-state index contributed by atoms with van der Waals surface area (Å²) >= 11 is 5.98. The van der Waals surface area contributed by atoms with Crippen molar-refractivity contribution >= 4 is 11.6 Å². The number of methoxy groups -OCH3 is 1. The third kappa shape index (κ3) is 6.44. The van der Waals surface area contributed by atoms with Crippen LogP contribution in [0.5, 0.6) is 11.5 Å². The molecule has 6 heteroatoms. The Kier molecular flexibility index (Phi) is 7.49. The van der Waals surface area contributed by atoms with Crippen LogP contribution in [0.1, 0.15) is 25.0 Å². The van der Waals surface area contributed by atoms with Crippen LogP contribution in [0.15, 0.2) is 42.5 Å². The Morgan fingerprint density at radius 2 is 1.93 bits per heavy atom. The Balaban J connectivity index is 1.84. The molecule has 0 unspecified atom stereocenters. The molecule has 2 rings (SSSR count). The number of hydrogen-bond donors (Lipinski definition) is 2. The smallest absolute Gasteiger partial charge is 0.138 e. The molecule has 0 bridgehead atoms. The van der Waals surface area contributed by atoms with Gasteiger partial charge in [0, 0.05) is 12.1 Å². The number of nitrogens with zero attached hydrogens (tertiary/aromatic N) is 1. The summed E-state index contributed by atoms with van der Waals surface area (Å²) in [5, 5.41) is 23.1. The zero-order valence-corrected chi connectivity index (χ0v) is 16.6. The molecule has 5 nitrogen and oxygen atoms in total. The van der Waals surface area contributed by atoms with Crippen LogP contribution in [0, 0.1) is 11.3 Å². The molecule has 0 fully saturated rings. The van der Waals surface area contributed by atoms with E-state index < -0.39 is 6.10 Å². The van der Waals surface area contributed by atoms with E-state index in [1.54, 1.807) is 25.3 Å². The van der Waals surface area contributed by atoms with Crippen molar-refractivity contribution in [1.82, 2.24) is 5.32 Å². The first-order valence-corrected chi connectivity index (χ1v) is 9.10. The van der Waals surface area contributed by atoms with E-state index in [4.69, 9.17) is 26.3 Å². The molecule has 0 saturated carbocycles. The van der Waals surface area contributed by atoms with Gasteiger partial charge in [-0.3, -0.25) is 0 Å². The standard InChI is InChI=1S/C21H25ClN2O3/c1-21(2,11-15-7-9-17(26-3)10-8-15)24-13-16(25)14-27-20-6-4-5-19(22)18(20)12-23/h4-10,16,24-25H,11,13-14H2,1-3H3/t16-/m0/s1. The van der Waals surface area contributed by atoms with E-state index in [-0.39, 0.29) is 17.7 Å². The van der Waals surface area contributed by atoms with E-state index in [9.17, 15) is 5.11 Å². The fourth-order valence-electron chi connectivity index (χ4n) is 2.69. The van der Waals surface area contributed by atoms with Gasteiger partial charge in [-0.25, -0.2) is 0 Å². The minimum Gasteiger partial charge on any atom is -0.497 e. The maximum absolute atomic E-state index is 10.2. The predicted octanol–water partition coefficient (Wildman–Crippen LogP) is 3.57. The highest BCUT2D eigenvalue weighted by Gasteiger charge is 2.20. The molecule has 0 amide bonds. The lowest BCUT2D eigenvalue weighted by atomic mass is 9.94. The first-order chi connectivity index (χ1) is 12.8. The Morgan fingerprint density at radius 1 is 1.22 bits per heavy atom. The maximum atomic E-state index is 10.2. The van der Waals surface area contributed by atoms with Crippen LogP contribution in [-0.4, -0.2) is 37.0 Å². The topological polar surface area (TPSA) is 74.5 Å². The van der Waals surface area contributed by atoms with Crippen LogP contribution in [-0.2, 0) is 6.42 Å². The monoisotopic (exact) mass is 388 g/mol. The van der Waals surface area contributed by atoms with E-state index in [0.29, 0.717) is 17.3 Å². The largest absolute Gasteiger partial charge is 0.497 e. The molecule has 0 saturated heterocycles. The Hall–Kier alpha value is -2.26. The van der Waals surface area contributed by atoms with E-state index in [2.05, 4.69) is 19.2 Å². The lowest BCUT2D eigenvalue weighted by Crippen LogP contribution is -2.46. The first-order valence-electron chi connectivity index (χ1n) is 8.72. The summed E-state index contributed by atoms with van der Waals surface area (Å²) in [5.41, 5.74) is 1.25. The molecular weight excluding hydrogens is 364 g/mol. The Labute approximate surface area is 165 Å². The Bertz CT molecular complexity index is 785. The van der Waals surface area contributed by atoms with Crippen molar-refractivity contribution in [3.63, 3.8) is 0 Å². The third-order valence-corrected chi connectivity index (χ3v) is 4.45. The second-order valence-corrected chi connectivity index (χ2v) is 7.39. The number of rotatable bonds is 9. The minimum atomic E-state index is -0.717. The molecule has 0 aliphatic heterocycles. The minimum absolute atomic E-state index is 0.0701. The van der Waals surface area contributed by atoms with Gasteiger partial charge < -0.3 is 19.9 Å². The molecule has 2 N–H and O–H groups in total. The van der Waals surface area contributed by atoms with Crippen molar-refractivity contribution in [2.75, 3.05) is 20.3 Å². The van der Waals surface area contributed by atoms with Crippen LogP contribution in [0.2, 0.25) is 5.02 Å². The van der Waals surface area contributed by atoms with Crippen LogP contribution in [0.4, 0.5) is 0 Å². The third-order valence-electron chi connectivity index (χ3n) is 4.14. The molecule has 1 atom stereocenters. The second kappa shape index (κ2) is 9.61. The van der Waals surface area contributed by atoms with Gasteiger partial charge in [0.1, 0.15) is 35.8 Å². The number of hydrogen-bond acceptors (Lipinski definition) is 5. The summed E-state index contributed by atoms with van der Waals surface area (Å²) in [5.74, 6) is 1.20. The quantitative estimate of drug-likeness (QED) is 0.686. The number of β-amino-alcohol motifs (C(OH)–C–C–N with tert-alkyl or cyclic N) is 1. The van der Waals surface area contributed by atoms with Crippen molar-refractivity contribution in [2.45, 2.75) is 31.9 Å². The molecule has 27 heavy (non-hydrogen) atoms. The average Bonchev–Trinajstić information content (AvgIpc) is 2.65. The number of benzene rings is 2. The van der Waals surface area contributed by atoms with Crippen LogP contribution >= 0.6 is 11.6 Å². The zero-order valence-electron chi connectivity index (χ0n) is 15.8. The summed E-state index contributed by atoms with van der Waals surface area (Å²) in [4.78, 5) is 0. The van der Waals surface area contributed by atoms with Crippen LogP contribution in [0.3, 0.4) is 0 Å². The summed E-state index contributed by atoms with van der Waals surface area (Å²) in [6.45, 7) is 4.59. The highest BCUT2D eigenvalue weighted by molar-refractivity contribution is 6.31. The zero-order chi connectivity index (χ0) is 19.9. The van der Waals surface area contributed by atoms with Crippen molar-refractivity contribution in [3.05, 3.63) is 58.6 Å². The maximum Gasteiger partial charge on any atom is 0.138 e. The number of aliphatic hydroxyl groups excluding tert-OH is 1. The van der Waals surface area contributed by atoms with E-state index in [1.165, 1.54) is 5.56 Å². The van der Waals surface area contributed by atoms with Gasteiger partial charge >= 0.3 is 0 Å². The molecular formula is C21H25ClN2O3. The summed E-state index contributed by atoms with van der Waals surface area (Å²) < 4.78 is 10.7. The van der Waals surface area contributed by atoms with Crippen molar-refractivity contribution in [1.29, 1.82) is 5.26 Å². The van der Waals surface area contributed by atoms with Gasteiger partial charge in [0.25, 0.3) is 0 Å². The average molecular weight is 389 g/mol. The fourth-order valence-corrected chi connectivity index (χ4v) is 2.90. The van der Waals surface area contributed by atoms with Gasteiger partial charge in [-0.05, 0) is 50.1 Å². The van der Waals surface area contributed by atoms with Gasteiger partial charge in [0.05, 0.1) is 12.1 Å². The molecule has 2 aromatic rings. The molecule has 0 aromatic heterocycles. The summed E-state index contributed by atoms with van der Waals surface area (Å²) in [6, 6.07) is 15.0. The summed E-state index contributed by atoms with van der Waals surface area (Å²) in [7, 11) is 1.65. The fraction of sp³-hybridized carbons (Fsp3) is 0.381. The van der Waals surface area contributed by atoms with Crippen molar-refractivity contribution in [2.24, 2.45) is 0 Å². The van der Waals surface area contributed by atoms with E-state index in [1.807, 2.05) is 30.3 Å². The molecule has 0 aliphatic rings. The lowest BCUT2D eigenvalue weighted by Gasteiger charge is -2.28. The molecule has 0 heterocycles.